The molecule has 1 aliphatic heterocycles. The molecule has 0 radical (unpaired) electrons. The predicted octanol–water partition coefficient (Wildman–Crippen LogP) is 0.671. The van der Waals surface area contributed by atoms with E-state index in [-0.39, 0.29) is 13.1 Å². The molecule has 0 atom stereocenters. The zero-order chi connectivity index (χ0) is 15.6. The van der Waals surface area contributed by atoms with E-state index >= 15 is 0 Å². The Balaban J connectivity index is 2.02. The Morgan fingerprint density at radius 3 is 2.52 bits per heavy atom. The number of aryl methyl sites for hydroxylation is 1. The number of carbonyl (C=O) groups excluding carboxylic acids is 3. The molecule has 0 aromatic heterocycles. The fraction of sp³-hybridized carbons (Fsp3) is 0.400. The van der Waals surface area contributed by atoms with Gasteiger partial charge in [-0.05, 0) is 32.9 Å². The number of imide groups is 1. The van der Waals surface area contributed by atoms with Crippen LogP contribution in [0, 0.1) is 6.92 Å². The van der Waals surface area contributed by atoms with Crippen LogP contribution in [-0.4, -0.2) is 41.2 Å². The van der Waals surface area contributed by atoms with Crippen LogP contribution >= 0.6 is 0 Å². The first-order valence-electron chi connectivity index (χ1n) is 6.76. The normalized spacial score (nSPS) is 17.8. The maximum Gasteiger partial charge on any atom is 0.249 e. The molecule has 6 nitrogen and oxygen atoms in total. The zero-order valence-corrected chi connectivity index (χ0v) is 12.4. The van der Waals surface area contributed by atoms with E-state index in [1.54, 1.807) is 26.0 Å². The molecule has 6 heteroatoms. The van der Waals surface area contributed by atoms with Crippen LogP contribution < -0.4 is 10.6 Å². The average molecular weight is 289 g/mol. The van der Waals surface area contributed by atoms with Gasteiger partial charge in [-0.3, -0.25) is 24.6 Å². The molecule has 0 saturated carbocycles. The number of hydrogen-bond acceptors (Lipinski definition) is 4. The molecular weight excluding hydrogens is 270 g/mol. The van der Waals surface area contributed by atoms with E-state index in [0.29, 0.717) is 5.69 Å². The Hall–Kier alpha value is -2.21. The van der Waals surface area contributed by atoms with E-state index in [1.165, 1.54) is 0 Å². The van der Waals surface area contributed by atoms with Crippen LogP contribution in [0.4, 0.5) is 5.69 Å². The van der Waals surface area contributed by atoms with Crippen LogP contribution in [-0.2, 0) is 14.4 Å². The summed E-state index contributed by atoms with van der Waals surface area (Å²) in [5.41, 5.74) is 0.889. The monoisotopic (exact) mass is 289 g/mol. The van der Waals surface area contributed by atoms with Crippen molar-refractivity contribution >= 4 is 23.4 Å². The second-order valence-electron chi connectivity index (χ2n) is 5.68. The lowest BCUT2D eigenvalue weighted by molar-refractivity contribution is -0.154. The lowest BCUT2D eigenvalue weighted by Crippen LogP contribution is -2.64. The lowest BCUT2D eigenvalue weighted by atomic mass is 10.0. The molecule has 1 aliphatic rings. The lowest BCUT2D eigenvalue weighted by Gasteiger charge is -2.36. The Kier molecular flexibility index (Phi) is 4.09. The molecule has 0 spiro atoms. The molecular formula is C15H19N3O3. The van der Waals surface area contributed by atoms with Crippen molar-refractivity contribution in [1.82, 2.24) is 10.2 Å². The van der Waals surface area contributed by atoms with Crippen molar-refractivity contribution in [3.63, 3.8) is 0 Å². The minimum atomic E-state index is -0.835. The number of nitrogens with zero attached hydrogens (tertiary/aromatic N) is 1. The van der Waals surface area contributed by atoms with E-state index in [9.17, 15) is 14.4 Å². The number of hydrogen-bond donors (Lipinski definition) is 2. The Bertz CT molecular complexity index is 578. The Labute approximate surface area is 123 Å². The molecule has 0 aliphatic carbocycles. The maximum atomic E-state index is 12.2. The highest BCUT2D eigenvalue weighted by Gasteiger charge is 2.40. The molecule has 2 rings (SSSR count). The van der Waals surface area contributed by atoms with Crippen LogP contribution in [0.25, 0.3) is 0 Å². The Morgan fingerprint density at radius 2 is 1.90 bits per heavy atom. The minimum absolute atomic E-state index is 0.0521. The van der Waals surface area contributed by atoms with Gasteiger partial charge in [0.1, 0.15) is 6.54 Å². The van der Waals surface area contributed by atoms with Crippen molar-refractivity contribution in [2.24, 2.45) is 0 Å². The van der Waals surface area contributed by atoms with Gasteiger partial charge in [-0.1, -0.05) is 17.7 Å². The molecule has 112 valence electrons. The predicted molar refractivity (Wildman–Crippen MR) is 78.6 cm³/mol. The van der Waals surface area contributed by atoms with Gasteiger partial charge in [-0.15, -0.1) is 0 Å². The summed E-state index contributed by atoms with van der Waals surface area (Å²) in [7, 11) is 0. The molecule has 3 amide bonds. The number of amides is 3. The van der Waals surface area contributed by atoms with Crippen LogP contribution in [0.1, 0.15) is 19.4 Å². The molecule has 1 aromatic carbocycles. The second kappa shape index (κ2) is 5.65. The standard InChI is InChI=1S/C15H19N3O3/c1-10-4-6-11(7-5-10)17-12(19)9-18-13(20)8-16-15(2,3)14(18)21/h4-7,16H,8-9H2,1-3H3,(H,17,19). The Morgan fingerprint density at radius 1 is 1.29 bits per heavy atom. The first kappa shape index (κ1) is 15.2. The van der Waals surface area contributed by atoms with Crippen molar-refractivity contribution in [1.29, 1.82) is 0 Å². The zero-order valence-electron chi connectivity index (χ0n) is 12.4. The van der Waals surface area contributed by atoms with Crippen LogP contribution in [0.15, 0.2) is 24.3 Å². The summed E-state index contributed by atoms with van der Waals surface area (Å²) < 4.78 is 0. The SMILES string of the molecule is Cc1ccc(NC(=O)CN2C(=O)CNC(C)(C)C2=O)cc1. The summed E-state index contributed by atoms with van der Waals surface area (Å²) in [5, 5.41) is 5.52. The average Bonchev–Trinajstić information content (AvgIpc) is 2.42. The number of benzene rings is 1. The summed E-state index contributed by atoms with van der Waals surface area (Å²) in [5.74, 6) is -1.17. The van der Waals surface area contributed by atoms with Crippen molar-refractivity contribution in [3.05, 3.63) is 29.8 Å². The number of carbonyl (C=O) groups is 3. The highest BCUT2D eigenvalue weighted by molar-refractivity contribution is 6.06. The topological polar surface area (TPSA) is 78.5 Å². The van der Waals surface area contributed by atoms with E-state index in [0.717, 1.165) is 10.5 Å². The van der Waals surface area contributed by atoms with Gasteiger partial charge in [-0.25, -0.2) is 0 Å². The van der Waals surface area contributed by atoms with Crippen molar-refractivity contribution in [2.45, 2.75) is 26.3 Å². The minimum Gasteiger partial charge on any atom is -0.325 e. The highest BCUT2D eigenvalue weighted by Crippen LogP contribution is 2.14. The summed E-state index contributed by atoms with van der Waals surface area (Å²) in [6, 6.07) is 7.30. The van der Waals surface area contributed by atoms with Crippen LogP contribution in [0.3, 0.4) is 0 Å². The molecule has 1 fully saturated rings. The number of piperazine rings is 1. The van der Waals surface area contributed by atoms with Crippen LogP contribution in [0.2, 0.25) is 0 Å². The van der Waals surface area contributed by atoms with Crippen molar-refractivity contribution in [2.75, 3.05) is 18.4 Å². The second-order valence-corrected chi connectivity index (χ2v) is 5.68. The van der Waals surface area contributed by atoms with Gasteiger partial charge in [0.25, 0.3) is 0 Å². The molecule has 21 heavy (non-hydrogen) atoms. The molecule has 0 bridgehead atoms. The summed E-state index contributed by atoms with van der Waals surface area (Å²) >= 11 is 0. The van der Waals surface area contributed by atoms with Crippen molar-refractivity contribution < 1.29 is 14.4 Å². The first-order chi connectivity index (χ1) is 9.79. The molecule has 0 unspecified atom stereocenters. The molecule has 1 heterocycles. The summed E-state index contributed by atoms with van der Waals surface area (Å²) in [6.45, 7) is 5.11. The number of nitrogens with one attached hydrogen (secondary N) is 2. The third-order valence-electron chi connectivity index (χ3n) is 3.40. The van der Waals surface area contributed by atoms with Gasteiger partial charge in [0.15, 0.2) is 0 Å². The molecule has 1 aromatic rings. The fourth-order valence-electron chi connectivity index (χ4n) is 2.06. The summed E-state index contributed by atoms with van der Waals surface area (Å²) in [4.78, 5) is 36.9. The third kappa shape index (κ3) is 3.46. The highest BCUT2D eigenvalue weighted by atomic mass is 16.2. The number of rotatable bonds is 3. The van der Waals surface area contributed by atoms with E-state index < -0.39 is 23.3 Å². The van der Waals surface area contributed by atoms with E-state index in [1.807, 2.05) is 19.1 Å². The maximum absolute atomic E-state index is 12.2. The first-order valence-corrected chi connectivity index (χ1v) is 6.76. The van der Waals surface area contributed by atoms with Crippen LogP contribution in [0.5, 0.6) is 0 Å². The van der Waals surface area contributed by atoms with Gasteiger partial charge in [0.2, 0.25) is 17.7 Å². The van der Waals surface area contributed by atoms with Crippen molar-refractivity contribution in [3.8, 4) is 0 Å². The smallest absolute Gasteiger partial charge is 0.249 e. The van der Waals surface area contributed by atoms with Gasteiger partial charge in [0, 0.05) is 5.69 Å². The van der Waals surface area contributed by atoms with E-state index in [4.69, 9.17) is 0 Å². The number of anilines is 1. The van der Waals surface area contributed by atoms with Gasteiger partial charge >= 0.3 is 0 Å². The fourth-order valence-corrected chi connectivity index (χ4v) is 2.06. The summed E-state index contributed by atoms with van der Waals surface area (Å²) in [6.07, 6.45) is 0. The van der Waals surface area contributed by atoms with Gasteiger partial charge in [0.05, 0.1) is 12.1 Å². The molecule has 1 saturated heterocycles. The van der Waals surface area contributed by atoms with Gasteiger partial charge in [-0.2, -0.15) is 0 Å². The molecule has 2 N–H and O–H groups in total. The third-order valence-corrected chi connectivity index (χ3v) is 3.40. The van der Waals surface area contributed by atoms with E-state index in [2.05, 4.69) is 10.6 Å². The quantitative estimate of drug-likeness (QED) is 0.802. The largest absolute Gasteiger partial charge is 0.325 e. The van der Waals surface area contributed by atoms with Gasteiger partial charge < -0.3 is 5.32 Å².